The topological polar surface area (TPSA) is 9.72 Å². The Kier molecular flexibility index (Phi) is 16.2. The smallest absolute Gasteiger partial charge is 0.252 e. The minimum absolute atomic E-state index is 0.0490. The Labute approximate surface area is 599 Å². The molecule has 1 saturated carbocycles. The molecule has 0 spiro atoms. The second kappa shape index (κ2) is 24.3. The van der Waals surface area contributed by atoms with Gasteiger partial charge in [0.25, 0.3) is 6.71 Å². The first-order chi connectivity index (χ1) is 47.5. The van der Waals surface area contributed by atoms with Gasteiger partial charge in [-0.05, 0) is 197 Å². The van der Waals surface area contributed by atoms with Crippen molar-refractivity contribution in [3.8, 4) is 33.4 Å². The van der Waals surface area contributed by atoms with Gasteiger partial charge in [-0.25, -0.2) is 0 Å². The molecule has 0 saturated heterocycles. The number of nitrogens with zero attached hydrogens (tertiary/aromatic N) is 3. The van der Waals surface area contributed by atoms with Gasteiger partial charge in [0.05, 0.1) is 16.9 Å². The molecule has 4 heteroatoms. The summed E-state index contributed by atoms with van der Waals surface area (Å²) in [6, 6.07) is 95.5. The highest BCUT2D eigenvalue weighted by molar-refractivity contribution is 7.00. The molecule has 100 heavy (non-hydrogen) atoms. The van der Waals surface area contributed by atoms with Crippen LogP contribution >= 0.6 is 0 Å². The molecule has 0 amide bonds. The summed E-state index contributed by atoms with van der Waals surface area (Å²) in [5.41, 5.74) is 32.5. The van der Waals surface area contributed by atoms with E-state index in [0.29, 0.717) is 0 Å². The maximum absolute atomic E-state index is 2.88. The maximum Gasteiger partial charge on any atom is 0.252 e. The van der Waals surface area contributed by atoms with Crippen molar-refractivity contribution in [2.24, 2.45) is 0 Å². The molecule has 3 heterocycles. The summed E-state index contributed by atoms with van der Waals surface area (Å²) in [5.74, 6) is 0.144. The summed E-state index contributed by atoms with van der Waals surface area (Å²) in [4.78, 5) is 8.33. The van der Waals surface area contributed by atoms with Gasteiger partial charge in [-0.15, -0.1) is 0 Å². The highest BCUT2D eigenvalue weighted by Crippen LogP contribution is 2.63. The quantitative estimate of drug-likeness (QED) is 0.126. The van der Waals surface area contributed by atoms with Gasteiger partial charge in [-0.2, -0.15) is 0 Å². The van der Waals surface area contributed by atoms with Crippen LogP contribution in [0.4, 0.5) is 45.5 Å². The van der Waals surface area contributed by atoms with Crippen molar-refractivity contribution >= 4 is 68.6 Å². The first kappa shape index (κ1) is 66.7. The standard InChI is InChI=1S/C96H102BN3/c1-90(2,3)70-41-35-63(36-42-70)55-76(67-37-43-71(44-38-67)91(4,5)6)69-40-50-84-79(56-69)95(16)53-27-28-54-96(95,17)100(84)75-61-87-89-88(62-75)99(83-52-47-73(93(10,11)12)59-78(83)66-33-25-20-26-34-66)86-60-74(94(13,14)15)45-49-81(86)97(89)80-48-39-68(64-29-21-18-22-30-64)57-85(80)98(87)82-51-46-72(92(7,8)9)58-77(82)65-31-23-19-24-32-65/h18-26,29-52,56-62,76H,27-28,53-55H2,1-17H3. The average Bonchev–Trinajstić information content (AvgIpc) is 1.28. The summed E-state index contributed by atoms with van der Waals surface area (Å²) < 4.78 is 0. The van der Waals surface area contributed by atoms with Gasteiger partial charge >= 0.3 is 0 Å². The van der Waals surface area contributed by atoms with Crippen LogP contribution in [0.5, 0.6) is 0 Å². The Balaban J connectivity index is 1.05. The molecule has 0 bridgehead atoms. The zero-order valence-electron chi connectivity index (χ0n) is 62.6. The second-order valence-corrected chi connectivity index (χ2v) is 35.4. The molecule has 3 nitrogen and oxygen atoms in total. The van der Waals surface area contributed by atoms with Crippen molar-refractivity contribution in [2.75, 3.05) is 14.7 Å². The van der Waals surface area contributed by atoms with Crippen LogP contribution in [-0.2, 0) is 38.9 Å². The van der Waals surface area contributed by atoms with E-state index in [-0.39, 0.29) is 50.7 Å². The molecular weight excluding hydrogens is 1210 g/mol. The van der Waals surface area contributed by atoms with E-state index in [1.54, 1.807) is 0 Å². The minimum atomic E-state index is -0.291. The van der Waals surface area contributed by atoms with Gasteiger partial charge in [0.2, 0.25) is 0 Å². The van der Waals surface area contributed by atoms with Crippen molar-refractivity contribution in [2.45, 2.75) is 194 Å². The van der Waals surface area contributed by atoms with E-state index in [9.17, 15) is 0 Å². The van der Waals surface area contributed by atoms with Crippen molar-refractivity contribution in [1.29, 1.82) is 0 Å². The van der Waals surface area contributed by atoms with Crippen LogP contribution in [0.2, 0.25) is 0 Å². The number of rotatable bonds is 10. The van der Waals surface area contributed by atoms with Gasteiger partial charge < -0.3 is 14.7 Å². The van der Waals surface area contributed by atoms with Crippen molar-refractivity contribution in [3.63, 3.8) is 0 Å². The third kappa shape index (κ3) is 11.5. The molecule has 4 aliphatic rings. The van der Waals surface area contributed by atoms with Crippen molar-refractivity contribution < 1.29 is 0 Å². The van der Waals surface area contributed by atoms with Crippen LogP contribution in [0, 0.1) is 0 Å². The number of fused-ring (bicyclic) bond motifs is 7. The monoisotopic (exact) mass is 1310 g/mol. The fraction of sp³-hybridized carbons (Fsp3) is 0.312. The highest BCUT2D eigenvalue weighted by atomic mass is 15.3. The molecule has 504 valence electrons. The normalized spacial score (nSPS) is 17.7. The average molecular weight is 1310 g/mol. The summed E-state index contributed by atoms with van der Waals surface area (Å²) in [6.07, 6.45) is 5.43. The molecule has 0 radical (unpaired) electrons. The van der Waals surface area contributed by atoms with Gasteiger partial charge in [0.1, 0.15) is 0 Å². The predicted molar refractivity (Wildman–Crippen MR) is 432 cm³/mol. The van der Waals surface area contributed by atoms with Crippen molar-refractivity contribution in [1.82, 2.24) is 0 Å². The highest BCUT2D eigenvalue weighted by Gasteiger charge is 2.58. The van der Waals surface area contributed by atoms with Crippen LogP contribution in [0.25, 0.3) is 33.4 Å². The largest absolute Gasteiger partial charge is 0.334 e. The maximum atomic E-state index is 2.88. The van der Waals surface area contributed by atoms with Gasteiger partial charge in [0, 0.05) is 56.6 Å². The molecule has 15 rings (SSSR count). The van der Waals surface area contributed by atoms with E-state index < -0.39 is 0 Å². The molecule has 3 aliphatic heterocycles. The molecule has 0 N–H and O–H groups in total. The van der Waals surface area contributed by atoms with Crippen LogP contribution in [0.1, 0.15) is 199 Å². The van der Waals surface area contributed by atoms with E-state index in [2.05, 4.69) is 375 Å². The molecule has 11 aromatic rings. The lowest BCUT2D eigenvalue weighted by Gasteiger charge is -2.51. The zero-order valence-corrected chi connectivity index (χ0v) is 62.6. The predicted octanol–water partition coefficient (Wildman–Crippen LogP) is 24.4. The van der Waals surface area contributed by atoms with Gasteiger partial charge in [0.15, 0.2) is 0 Å². The molecule has 1 aliphatic carbocycles. The molecular formula is C96H102BN3. The summed E-state index contributed by atoms with van der Waals surface area (Å²) >= 11 is 0. The first-order valence-corrected chi connectivity index (χ1v) is 37.1. The molecule has 0 aromatic heterocycles. The molecule has 3 atom stereocenters. The Bertz CT molecular complexity index is 4910. The first-order valence-electron chi connectivity index (χ1n) is 37.1. The summed E-state index contributed by atoms with van der Waals surface area (Å²) in [6.45, 7) is 40.4. The van der Waals surface area contributed by atoms with Crippen LogP contribution in [0.15, 0.2) is 243 Å². The third-order valence-electron chi connectivity index (χ3n) is 23.6. The van der Waals surface area contributed by atoms with Gasteiger partial charge in [-0.3, -0.25) is 0 Å². The fourth-order valence-corrected chi connectivity index (χ4v) is 17.4. The summed E-state index contributed by atoms with van der Waals surface area (Å²) in [5, 5.41) is 0. The third-order valence-corrected chi connectivity index (χ3v) is 23.6. The Hall–Kier alpha value is -9.12. The minimum Gasteiger partial charge on any atom is -0.334 e. The molecule has 11 aromatic carbocycles. The number of hydrogen-bond acceptors (Lipinski definition) is 3. The van der Waals surface area contributed by atoms with E-state index in [1.807, 2.05) is 0 Å². The lowest BCUT2D eigenvalue weighted by Crippen LogP contribution is -2.61. The van der Waals surface area contributed by atoms with E-state index in [0.717, 1.165) is 31.4 Å². The van der Waals surface area contributed by atoms with Crippen LogP contribution in [-0.4, -0.2) is 12.3 Å². The zero-order chi connectivity index (χ0) is 70.2. The number of hydrogen-bond donors (Lipinski definition) is 0. The van der Waals surface area contributed by atoms with E-state index >= 15 is 0 Å². The lowest BCUT2D eigenvalue weighted by atomic mass is 9.33. The Morgan fingerprint density at radius 3 is 1.28 bits per heavy atom. The van der Waals surface area contributed by atoms with Crippen molar-refractivity contribution in [3.05, 3.63) is 293 Å². The number of anilines is 8. The Morgan fingerprint density at radius 1 is 0.350 bits per heavy atom. The molecule has 3 unspecified atom stereocenters. The second-order valence-electron chi connectivity index (χ2n) is 35.4. The van der Waals surface area contributed by atoms with E-state index in [1.165, 1.54) is 146 Å². The summed E-state index contributed by atoms with van der Waals surface area (Å²) in [7, 11) is 0. The van der Waals surface area contributed by atoms with Crippen LogP contribution < -0.4 is 31.1 Å². The lowest BCUT2D eigenvalue weighted by molar-refractivity contribution is 0.195. The van der Waals surface area contributed by atoms with E-state index in [4.69, 9.17) is 0 Å². The fourth-order valence-electron chi connectivity index (χ4n) is 17.4. The number of benzene rings is 11. The van der Waals surface area contributed by atoms with Gasteiger partial charge in [-0.1, -0.05) is 312 Å². The SMILES string of the molecule is CC(C)(C)c1ccc(CC(c2ccc(C(C)(C)C)cc2)c2ccc3c(c2)C2(C)CCCCC2(C)N3c2cc3c4c(c2)N(c2ccc(C(C)(C)C)cc2-c2ccccc2)c2cc(C(C)(C)C)ccc2B4c2ccc(-c4ccccc4)cc2N3c2ccc(C(C)(C)C)cc2-c2ccccc2)cc1. The Morgan fingerprint density at radius 2 is 0.770 bits per heavy atom. The molecule has 1 fully saturated rings. The van der Waals surface area contributed by atoms with Crippen LogP contribution in [0.3, 0.4) is 0 Å².